The number of halogens is 1. The standard InChI is InChI=1S/C20H25FN2O2S/c1-10-8-15(24)16(12-3-2-11(4-6-22)14(21)9-12)17-13-5-7-26-19(13)20(25)23-18(10)17/h2-3,5,7,9-10,13,15-19,24H,4,6,8,22H2,1H3,(H,23,25). The first kappa shape index (κ1) is 18.0. The molecule has 0 bridgehead atoms. The van der Waals surface area contributed by atoms with E-state index in [1.165, 1.54) is 11.8 Å². The maximum absolute atomic E-state index is 14.5. The van der Waals surface area contributed by atoms with Crippen LogP contribution < -0.4 is 11.1 Å². The van der Waals surface area contributed by atoms with Crippen LogP contribution in [-0.4, -0.2) is 35.0 Å². The average molecular weight is 376 g/mol. The number of carbonyl (C=O) groups is 1. The van der Waals surface area contributed by atoms with Crippen LogP contribution in [0.5, 0.6) is 0 Å². The number of rotatable bonds is 3. The van der Waals surface area contributed by atoms with Crippen molar-refractivity contribution in [2.24, 2.45) is 23.5 Å². The monoisotopic (exact) mass is 376 g/mol. The largest absolute Gasteiger partial charge is 0.392 e. The molecule has 4 rings (SSSR count). The van der Waals surface area contributed by atoms with Gasteiger partial charge < -0.3 is 16.2 Å². The third kappa shape index (κ3) is 2.88. The molecule has 2 aliphatic heterocycles. The van der Waals surface area contributed by atoms with Crippen molar-refractivity contribution in [3.05, 3.63) is 46.6 Å². The summed E-state index contributed by atoms with van der Waals surface area (Å²) in [5.74, 6) is -0.0262. The van der Waals surface area contributed by atoms with E-state index in [-0.39, 0.29) is 46.7 Å². The topological polar surface area (TPSA) is 75.3 Å². The van der Waals surface area contributed by atoms with Gasteiger partial charge in [0.1, 0.15) is 5.82 Å². The highest BCUT2D eigenvalue weighted by molar-refractivity contribution is 8.03. The first-order valence-corrected chi connectivity index (χ1v) is 10.2. The zero-order valence-electron chi connectivity index (χ0n) is 14.8. The van der Waals surface area contributed by atoms with E-state index >= 15 is 0 Å². The number of hydrogen-bond acceptors (Lipinski definition) is 4. The molecule has 26 heavy (non-hydrogen) atoms. The molecular formula is C20H25FN2O2S. The fourth-order valence-electron chi connectivity index (χ4n) is 5.05. The number of piperidine rings is 1. The van der Waals surface area contributed by atoms with E-state index in [0.29, 0.717) is 24.9 Å². The number of carbonyl (C=O) groups excluding carboxylic acids is 1. The molecule has 1 saturated heterocycles. The van der Waals surface area contributed by atoms with E-state index in [1.807, 2.05) is 11.5 Å². The highest BCUT2D eigenvalue weighted by Gasteiger charge is 2.53. The van der Waals surface area contributed by atoms with Gasteiger partial charge in [-0.05, 0) is 53.8 Å². The SMILES string of the molecule is CC1CC(O)C(c2ccc(CCN)c(F)c2)C2C3C=CSC3C(=O)NC12. The van der Waals surface area contributed by atoms with E-state index in [0.717, 1.165) is 5.56 Å². The quantitative estimate of drug-likeness (QED) is 0.756. The summed E-state index contributed by atoms with van der Waals surface area (Å²) in [6, 6.07) is 5.28. The van der Waals surface area contributed by atoms with Gasteiger partial charge in [0, 0.05) is 17.9 Å². The number of allylic oxidation sites excluding steroid dienone is 1. The number of amides is 1. The summed E-state index contributed by atoms with van der Waals surface area (Å²) in [4.78, 5) is 12.5. The predicted octanol–water partition coefficient (Wildman–Crippen LogP) is 2.17. The Morgan fingerprint density at radius 1 is 1.42 bits per heavy atom. The van der Waals surface area contributed by atoms with Crippen molar-refractivity contribution in [3.8, 4) is 0 Å². The predicted molar refractivity (Wildman–Crippen MR) is 101 cm³/mol. The number of aliphatic hydroxyl groups is 1. The molecule has 2 heterocycles. The zero-order valence-corrected chi connectivity index (χ0v) is 15.6. The molecule has 2 fully saturated rings. The number of hydrogen-bond donors (Lipinski definition) is 3. The molecule has 4 nitrogen and oxygen atoms in total. The lowest BCUT2D eigenvalue weighted by Gasteiger charge is -2.51. The van der Waals surface area contributed by atoms with Gasteiger partial charge in [-0.3, -0.25) is 4.79 Å². The van der Waals surface area contributed by atoms with Crippen molar-refractivity contribution in [1.82, 2.24) is 5.32 Å². The third-order valence-corrected chi connectivity index (χ3v) is 7.37. The van der Waals surface area contributed by atoms with E-state index in [1.54, 1.807) is 12.1 Å². The van der Waals surface area contributed by atoms with Crippen molar-refractivity contribution in [3.63, 3.8) is 0 Å². The molecule has 0 spiro atoms. The molecule has 1 amide bonds. The van der Waals surface area contributed by atoms with Crippen molar-refractivity contribution < 1.29 is 14.3 Å². The van der Waals surface area contributed by atoms with Crippen LogP contribution >= 0.6 is 11.8 Å². The highest BCUT2D eigenvalue weighted by atomic mass is 32.2. The molecule has 4 N–H and O–H groups in total. The molecule has 1 aromatic rings. The lowest BCUT2D eigenvalue weighted by atomic mass is 9.60. The molecule has 140 valence electrons. The second kappa shape index (κ2) is 6.98. The molecule has 0 aromatic heterocycles. The number of nitrogens with one attached hydrogen (secondary N) is 1. The Morgan fingerprint density at radius 3 is 2.96 bits per heavy atom. The fraction of sp³-hybridized carbons (Fsp3) is 0.550. The second-order valence-corrected chi connectivity index (χ2v) is 8.82. The van der Waals surface area contributed by atoms with Gasteiger partial charge in [0.05, 0.1) is 11.4 Å². The van der Waals surface area contributed by atoms with Gasteiger partial charge in [0.15, 0.2) is 0 Å². The van der Waals surface area contributed by atoms with Crippen LogP contribution in [0.15, 0.2) is 29.7 Å². The van der Waals surface area contributed by atoms with Crippen LogP contribution in [0.1, 0.15) is 30.4 Å². The molecule has 1 aromatic carbocycles. The van der Waals surface area contributed by atoms with E-state index in [2.05, 4.69) is 18.3 Å². The average Bonchev–Trinajstić information content (AvgIpc) is 3.09. The number of fused-ring (bicyclic) bond motifs is 3. The molecule has 7 atom stereocenters. The summed E-state index contributed by atoms with van der Waals surface area (Å²) in [6.45, 7) is 2.48. The Hall–Kier alpha value is -1.37. The molecule has 1 aliphatic carbocycles. The van der Waals surface area contributed by atoms with Crippen molar-refractivity contribution in [2.45, 2.75) is 43.1 Å². The Balaban J connectivity index is 1.73. The maximum Gasteiger partial charge on any atom is 0.234 e. The van der Waals surface area contributed by atoms with Crippen molar-refractivity contribution in [1.29, 1.82) is 0 Å². The Kier molecular flexibility index (Phi) is 4.84. The third-order valence-electron chi connectivity index (χ3n) is 6.23. The van der Waals surface area contributed by atoms with Gasteiger partial charge >= 0.3 is 0 Å². The van der Waals surface area contributed by atoms with Crippen LogP contribution in [0.25, 0.3) is 0 Å². The van der Waals surface area contributed by atoms with Crippen LogP contribution in [0, 0.1) is 23.6 Å². The lowest BCUT2D eigenvalue weighted by Crippen LogP contribution is -2.62. The van der Waals surface area contributed by atoms with Gasteiger partial charge in [-0.2, -0.15) is 0 Å². The summed E-state index contributed by atoms with van der Waals surface area (Å²) >= 11 is 1.54. The van der Waals surface area contributed by atoms with Crippen molar-refractivity contribution >= 4 is 17.7 Å². The number of nitrogens with two attached hydrogens (primary N) is 1. The van der Waals surface area contributed by atoms with Crippen LogP contribution in [0.3, 0.4) is 0 Å². The fourth-order valence-corrected chi connectivity index (χ4v) is 6.14. The molecule has 3 aliphatic rings. The molecule has 0 radical (unpaired) electrons. The van der Waals surface area contributed by atoms with Gasteiger partial charge in [0.2, 0.25) is 5.91 Å². The van der Waals surface area contributed by atoms with Gasteiger partial charge in [0.25, 0.3) is 0 Å². The minimum Gasteiger partial charge on any atom is -0.392 e. The summed E-state index contributed by atoms with van der Waals surface area (Å²) in [7, 11) is 0. The van der Waals surface area contributed by atoms with Gasteiger partial charge in [-0.15, -0.1) is 11.8 Å². The first-order chi connectivity index (χ1) is 12.5. The summed E-state index contributed by atoms with van der Waals surface area (Å²) in [5, 5.41) is 15.9. The van der Waals surface area contributed by atoms with E-state index in [9.17, 15) is 14.3 Å². The number of thioether (sulfide) groups is 1. The Bertz CT molecular complexity index is 741. The minimum absolute atomic E-state index is 0.00674. The summed E-state index contributed by atoms with van der Waals surface area (Å²) in [5.41, 5.74) is 6.98. The van der Waals surface area contributed by atoms with Crippen LogP contribution in [0.4, 0.5) is 4.39 Å². The molecule has 7 unspecified atom stereocenters. The molecule has 1 saturated carbocycles. The summed E-state index contributed by atoms with van der Waals surface area (Å²) in [6.07, 6.45) is 2.67. The molecular weight excluding hydrogens is 351 g/mol. The van der Waals surface area contributed by atoms with Gasteiger partial charge in [-0.25, -0.2) is 4.39 Å². The number of aliphatic hydroxyl groups excluding tert-OH is 1. The van der Waals surface area contributed by atoms with E-state index in [4.69, 9.17) is 5.73 Å². The van der Waals surface area contributed by atoms with Crippen LogP contribution in [-0.2, 0) is 11.2 Å². The van der Waals surface area contributed by atoms with Crippen LogP contribution in [0.2, 0.25) is 0 Å². The number of benzene rings is 1. The maximum atomic E-state index is 14.5. The van der Waals surface area contributed by atoms with Crippen molar-refractivity contribution in [2.75, 3.05) is 6.54 Å². The highest BCUT2D eigenvalue weighted by Crippen LogP contribution is 2.51. The van der Waals surface area contributed by atoms with Gasteiger partial charge in [-0.1, -0.05) is 25.1 Å². The lowest BCUT2D eigenvalue weighted by molar-refractivity contribution is -0.128. The smallest absolute Gasteiger partial charge is 0.234 e. The second-order valence-electron chi connectivity index (χ2n) is 7.77. The Morgan fingerprint density at radius 2 is 2.23 bits per heavy atom. The Labute approximate surface area is 157 Å². The normalized spacial score (nSPS) is 38.6. The van der Waals surface area contributed by atoms with E-state index < -0.39 is 6.10 Å². The first-order valence-electron chi connectivity index (χ1n) is 9.30. The summed E-state index contributed by atoms with van der Waals surface area (Å²) < 4.78 is 14.5. The zero-order chi connectivity index (χ0) is 18.4. The molecule has 6 heteroatoms. The minimum atomic E-state index is -0.541.